The number of fused-ring (bicyclic) bond motifs is 1. The van der Waals surface area contributed by atoms with Crippen molar-refractivity contribution < 1.29 is 14.7 Å². The van der Waals surface area contributed by atoms with Crippen LogP contribution >= 0.6 is 0 Å². The summed E-state index contributed by atoms with van der Waals surface area (Å²) in [6.45, 7) is 2.75. The maximum Gasteiger partial charge on any atom is 0.335 e. The lowest BCUT2D eigenvalue weighted by molar-refractivity contribution is -0.127. The quantitative estimate of drug-likeness (QED) is 0.890. The Bertz CT molecular complexity index is 991. The number of aromatic carboxylic acids is 1. The van der Waals surface area contributed by atoms with Gasteiger partial charge in [-0.05, 0) is 66.6 Å². The Kier molecular flexibility index (Phi) is 4.00. The number of carboxylic acids is 1. The molecule has 1 heterocycles. The average Bonchev–Trinajstić information content (AvgIpc) is 2.92. The van der Waals surface area contributed by atoms with E-state index < -0.39 is 11.4 Å². The molecular weight excluding hydrogens is 340 g/mol. The summed E-state index contributed by atoms with van der Waals surface area (Å²) in [5.41, 5.74) is 3.26. The van der Waals surface area contributed by atoms with Gasteiger partial charge in [0, 0.05) is 12.2 Å². The summed E-state index contributed by atoms with van der Waals surface area (Å²) in [7, 11) is 0. The van der Waals surface area contributed by atoms with Crippen molar-refractivity contribution in [1.82, 2.24) is 0 Å². The van der Waals surface area contributed by atoms with Crippen LogP contribution in [0.2, 0.25) is 0 Å². The van der Waals surface area contributed by atoms with Crippen molar-refractivity contribution in [2.24, 2.45) is 11.3 Å². The Hall–Kier alpha value is -3.13. The van der Waals surface area contributed by atoms with E-state index in [1.807, 2.05) is 17.0 Å². The van der Waals surface area contributed by atoms with Crippen LogP contribution in [0.4, 0.5) is 5.69 Å². The molecule has 1 aliphatic carbocycles. The summed E-state index contributed by atoms with van der Waals surface area (Å²) in [6, 6.07) is 14.5. The van der Waals surface area contributed by atoms with Gasteiger partial charge in [-0.15, -0.1) is 0 Å². The molecule has 0 radical (unpaired) electrons. The van der Waals surface area contributed by atoms with Gasteiger partial charge in [-0.1, -0.05) is 19.1 Å². The first-order valence-corrected chi connectivity index (χ1v) is 9.12. The summed E-state index contributed by atoms with van der Waals surface area (Å²) in [5, 5.41) is 18.3. The van der Waals surface area contributed by atoms with Gasteiger partial charge in [-0.2, -0.15) is 5.26 Å². The number of rotatable bonds is 2. The molecule has 2 atom stereocenters. The highest BCUT2D eigenvalue weighted by molar-refractivity contribution is 6.01. The van der Waals surface area contributed by atoms with Crippen LogP contribution < -0.4 is 4.90 Å². The molecule has 136 valence electrons. The first-order chi connectivity index (χ1) is 12.9. The largest absolute Gasteiger partial charge is 0.478 e. The fourth-order valence-corrected chi connectivity index (χ4v) is 4.53. The highest BCUT2D eigenvalue weighted by Gasteiger charge is 2.53. The van der Waals surface area contributed by atoms with Gasteiger partial charge >= 0.3 is 5.97 Å². The van der Waals surface area contributed by atoms with E-state index in [4.69, 9.17) is 5.26 Å². The number of nitrogens with zero attached hydrogens (tertiary/aromatic N) is 2. The van der Waals surface area contributed by atoms with E-state index >= 15 is 0 Å². The summed E-state index contributed by atoms with van der Waals surface area (Å²) in [6.07, 6.45) is 2.06. The van der Waals surface area contributed by atoms with E-state index in [1.54, 1.807) is 30.3 Å². The van der Waals surface area contributed by atoms with Crippen molar-refractivity contribution in [2.75, 3.05) is 11.4 Å². The van der Waals surface area contributed by atoms with Crippen molar-refractivity contribution in [3.05, 3.63) is 64.7 Å². The van der Waals surface area contributed by atoms with E-state index in [2.05, 4.69) is 13.0 Å². The molecule has 2 aliphatic rings. The fraction of sp³-hybridized carbons (Fsp3) is 0.318. The number of carboxylic acid groups (broad SMARTS) is 1. The highest BCUT2D eigenvalue weighted by atomic mass is 16.4. The molecule has 0 bridgehead atoms. The van der Waals surface area contributed by atoms with E-state index in [0.717, 1.165) is 23.2 Å². The van der Waals surface area contributed by atoms with Crippen molar-refractivity contribution in [3.8, 4) is 6.07 Å². The van der Waals surface area contributed by atoms with Gasteiger partial charge in [-0.3, -0.25) is 4.79 Å². The van der Waals surface area contributed by atoms with Gasteiger partial charge in [0.1, 0.15) is 0 Å². The second kappa shape index (κ2) is 6.24. The molecule has 1 spiro atoms. The lowest BCUT2D eigenvalue weighted by Crippen LogP contribution is -2.41. The van der Waals surface area contributed by atoms with Gasteiger partial charge in [0.25, 0.3) is 0 Å². The predicted molar refractivity (Wildman–Crippen MR) is 101 cm³/mol. The smallest absolute Gasteiger partial charge is 0.335 e. The van der Waals surface area contributed by atoms with Crippen LogP contribution in [0.5, 0.6) is 0 Å². The predicted octanol–water partition coefficient (Wildman–Crippen LogP) is 3.41. The average molecular weight is 360 g/mol. The fourth-order valence-electron chi connectivity index (χ4n) is 4.53. The van der Waals surface area contributed by atoms with Crippen molar-refractivity contribution >= 4 is 17.6 Å². The second-order valence-corrected chi connectivity index (χ2v) is 7.60. The van der Waals surface area contributed by atoms with Crippen LogP contribution in [0.15, 0.2) is 42.5 Å². The molecule has 0 aromatic heterocycles. The number of hydrogen-bond donors (Lipinski definition) is 1. The molecule has 27 heavy (non-hydrogen) atoms. The highest BCUT2D eigenvalue weighted by Crippen LogP contribution is 2.48. The molecule has 2 aromatic rings. The Morgan fingerprint density at radius 3 is 2.81 bits per heavy atom. The first-order valence-electron chi connectivity index (χ1n) is 9.12. The normalized spacial score (nSPS) is 23.9. The van der Waals surface area contributed by atoms with Crippen LogP contribution in [0.3, 0.4) is 0 Å². The van der Waals surface area contributed by atoms with Gasteiger partial charge < -0.3 is 10.0 Å². The molecule has 4 rings (SSSR count). The van der Waals surface area contributed by atoms with Crippen molar-refractivity contribution in [3.63, 3.8) is 0 Å². The standard InChI is InChI=1S/C22H20N2O3/c1-14-13-24(19-4-2-3-15(9-19)12-23)21(27)22(14)8-7-16-10-17(20(25)26)5-6-18(16)11-22/h2-6,9-10,14H,7-8,11,13H2,1H3,(H,25,26)/t14-,22?/m0/s1. The van der Waals surface area contributed by atoms with Gasteiger partial charge in [0.15, 0.2) is 0 Å². The molecule has 2 aromatic carbocycles. The molecule has 5 nitrogen and oxygen atoms in total. The summed E-state index contributed by atoms with van der Waals surface area (Å²) in [5.74, 6) is -0.631. The molecule has 1 aliphatic heterocycles. The molecule has 1 N–H and O–H groups in total. The Labute approximate surface area is 157 Å². The zero-order valence-electron chi connectivity index (χ0n) is 15.1. The third-order valence-electron chi connectivity index (χ3n) is 6.16. The van der Waals surface area contributed by atoms with Crippen molar-refractivity contribution in [2.45, 2.75) is 26.2 Å². The number of hydrogen-bond acceptors (Lipinski definition) is 3. The zero-order chi connectivity index (χ0) is 19.2. The number of benzene rings is 2. The lowest BCUT2D eigenvalue weighted by Gasteiger charge is -2.36. The number of nitriles is 1. The topological polar surface area (TPSA) is 81.4 Å². The number of amides is 1. The summed E-state index contributed by atoms with van der Waals surface area (Å²) >= 11 is 0. The molecular formula is C22H20N2O3. The molecule has 5 heteroatoms. The van der Waals surface area contributed by atoms with Crippen LogP contribution in [0.1, 0.15) is 40.4 Å². The zero-order valence-corrected chi connectivity index (χ0v) is 15.1. The SMILES string of the molecule is C[C@H]1CN(c2cccc(C#N)c2)C(=O)C12CCc1cc(C(=O)O)ccc1C2. The van der Waals surface area contributed by atoms with Crippen LogP contribution in [-0.2, 0) is 17.6 Å². The van der Waals surface area contributed by atoms with Gasteiger partial charge in [-0.25, -0.2) is 4.79 Å². The lowest BCUT2D eigenvalue weighted by atomic mass is 9.66. The first kappa shape index (κ1) is 17.3. The van der Waals surface area contributed by atoms with E-state index in [0.29, 0.717) is 30.5 Å². The second-order valence-electron chi connectivity index (χ2n) is 7.60. The third kappa shape index (κ3) is 2.69. The maximum absolute atomic E-state index is 13.4. The Morgan fingerprint density at radius 2 is 2.07 bits per heavy atom. The van der Waals surface area contributed by atoms with E-state index in [1.165, 1.54) is 0 Å². The summed E-state index contributed by atoms with van der Waals surface area (Å²) < 4.78 is 0. The van der Waals surface area contributed by atoms with Crippen LogP contribution in [-0.4, -0.2) is 23.5 Å². The number of aryl methyl sites for hydroxylation is 1. The molecule has 1 fully saturated rings. The maximum atomic E-state index is 13.4. The number of carbonyl (C=O) groups is 2. The summed E-state index contributed by atoms with van der Waals surface area (Å²) in [4.78, 5) is 26.4. The molecule has 1 unspecified atom stereocenters. The van der Waals surface area contributed by atoms with E-state index in [-0.39, 0.29) is 11.8 Å². The third-order valence-corrected chi connectivity index (χ3v) is 6.16. The molecule has 1 amide bonds. The monoisotopic (exact) mass is 360 g/mol. The van der Waals surface area contributed by atoms with E-state index in [9.17, 15) is 14.7 Å². The minimum Gasteiger partial charge on any atom is -0.478 e. The van der Waals surface area contributed by atoms with Crippen LogP contribution in [0.25, 0.3) is 0 Å². The van der Waals surface area contributed by atoms with Crippen molar-refractivity contribution in [1.29, 1.82) is 5.26 Å². The van der Waals surface area contributed by atoms with Gasteiger partial charge in [0.05, 0.1) is 22.6 Å². The van der Waals surface area contributed by atoms with Crippen LogP contribution in [0, 0.1) is 22.7 Å². The minimum absolute atomic E-state index is 0.109. The number of anilines is 1. The molecule has 1 saturated heterocycles. The Morgan fingerprint density at radius 1 is 1.26 bits per heavy atom. The minimum atomic E-state index is -0.924. The Balaban J connectivity index is 1.67. The molecule has 0 saturated carbocycles. The number of carbonyl (C=O) groups excluding carboxylic acids is 1. The van der Waals surface area contributed by atoms with Gasteiger partial charge in [0.2, 0.25) is 5.91 Å².